The highest BCUT2D eigenvalue weighted by Gasteiger charge is 2.31. The van der Waals surface area contributed by atoms with E-state index in [1.807, 2.05) is 4.90 Å². The number of likely N-dealkylation sites (tertiary alicyclic amines) is 1. The summed E-state index contributed by atoms with van der Waals surface area (Å²) in [6, 6.07) is 11.7. The van der Waals surface area contributed by atoms with E-state index in [1.165, 1.54) is 24.3 Å². The van der Waals surface area contributed by atoms with Crippen LogP contribution in [0.3, 0.4) is 0 Å². The molecule has 0 atom stereocenters. The van der Waals surface area contributed by atoms with E-state index in [0.717, 1.165) is 30.0 Å². The second kappa shape index (κ2) is 11.9. The molecular weight excluding hydrogens is 515 g/mol. The van der Waals surface area contributed by atoms with E-state index in [1.54, 1.807) is 35.7 Å². The number of hydrogen-bond acceptors (Lipinski definition) is 5. The third-order valence-electron chi connectivity index (χ3n) is 6.55. The number of Topliss-reactive ketones (excluding diaryl/α,β-unsaturated/α-hetero) is 1. The normalized spacial score (nSPS) is 14.4. The fraction of sp³-hybridized carbons (Fsp3) is 0.357. The Labute approximate surface area is 222 Å². The summed E-state index contributed by atoms with van der Waals surface area (Å²) in [6.45, 7) is 2.73. The second-order valence-corrected chi connectivity index (χ2v) is 10.2. The van der Waals surface area contributed by atoms with Crippen molar-refractivity contribution in [2.45, 2.75) is 51.1 Å². The Balaban J connectivity index is 1.39. The van der Waals surface area contributed by atoms with Crippen LogP contribution in [0.5, 0.6) is 0 Å². The number of thiazole rings is 1. The van der Waals surface area contributed by atoms with Crippen LogP contribution in [0.25, 0.3) is 11.1 Å². The standard InChI is InChI=1S/C28H28F3N3O3S/c1-18(35)6-4-11-25(36)34-14-12-19(13-15-34)27-33-24(17-38-27)26(37)32-23-10-3-2-9-22(23)20-7-5-8-21(16-20)28(29,30)31/h2-3,5,7-10,16-17,19H,4,6,11-15H2,1H3,(H,32,37). The molecule has 0 spiro atoms. The van der Waals surface area contributed by atoms with Gasteiger partial charge in [-0.2, -0.15) is 13.2 Å². The summed E-state index contributed by atoms with van der Waals surface area (Å²) in [5, 5.41) is 5.30. The average molecular weight is 544 g/mol. The maximum Gasteiger partial charge on any atom is 0.416 e. The smallest absolute Gasteiger partial charge is 0.343 e. The van der Waals surface area contributed by atoms with E-state index >= 15 is 0 Å². The molecule has 200 valence electrons. The van der Waals surface area contributed by atoms with Gasteiger partial charge in [0.2, 0.25) is 5.91 Å². The number of benzene rings is 2. The Morgan fingerprint density at radius 3 is 2.50 bits per heavy atom. The van der Waals surface area contributed by atoms with Crippen LogP contribution >= 0.6 is 11.3 Å². The quantitative estimate of drug-likeness (QED) is 0.350. The van der Waals surface area contributed by atoms with E-state index in [2.05, 4.69) is 10.3 Å². The largest absolute Gasteiger partial charge is 0.416 e. The Kier molecular flexibility index (Phi) is 8.61. The van der Waals surface area contributed by atoms with E-state index < -0.39 is 17.6 Å². The number of anilines is 1. The lowest BCUT2D eigenvalue weighted by atomic mass is 9.97. The van der Waals surface area contributed by atoms with Crippen LogP contribution in [0.1, 0.15) is 66.0 Å². The van der Waals surface area contributed by atoms with Crippen molar-refractivity contribution in [3.05, 3.63) is 70.2 Å². The van der Waals surface area contributed by atoms with Gasteiger partial charge in [-0.15, -0.1) is 11.3 Å². The number of carbonyl (C=O) groups excluding carboxylic acids is 3. The van der Waals surface area contributed by atoms with Crippen molar-refractivity contribution >= 4 is 34.6 Å². The minimum atomic E-state index is -4.47. The van der Waals surface area contributed by atoms with Crippen LogP contribution in [0.4, 0.5) is 18.9 Å². The molecule has 2 heterocycles. The zero-order valence-corrected chi connectivity index (χ0v) is 21.7. The first kappa shape index (κ1) is 27.5. The van der Waals surface area contributed by atoms with Gasteiger partial charge in [0.05, 0.1) is 10.6 Å². The molecule has 0 radical (unpaired) electrons. The molecule has 1 aliphatic heterocycles. The molecule has 2 amide bonds. The van der Waals surface area contributed by atoms with Gasteiger partial charge in [-0.05, 0) is 49.9 Å². The first-order chi connectivity index (χ1) is 18.1. The number of rotatable bonds is 8. The lowest BCUT2D eigenvalue weighted by molar-refractivity contribution is -0.137. The Morgan fingerprint density at radius 1 is 1.05 bits per heavy atom. The molecule has 6 nitrogen and oxygen atoms in total. The predicted octanol–water partition coefficient (Wildman–Crippen LogP) is 6.55. The van der Waals surface area contributed by atoms with Crippen LogP contribution in [0, 0.1) is 0 Å². The highest BCUT2D eigenvalue weighted by molar-refractivity contribution is 7.10. The molecule has 3 aromatic rings. The number of ketones is 1. The van der Waals surface area contributed by atoms with Gasteiger partial charge in [0.25, 0.3) is 5.91 Å². The van der Waals surface area contributed by atoms with Gasteiger partial charge in [0, 0.05) is 48.5 Å². The van der Waals surface area contributed by atoms with Crippen LogP contribution in [0.2, 0.25) is 0 Å². The average Bonchev–Trinajstić information content (AvgIpc) is 3.39. The minimum absolute atomic E-state index is 0.0586. The molecule has 2 aromatic carbocycles. The lowest BCUT2D eigenvalue weighted by Crippen LogP contribution is -2.37. The Bertz CT molecular complexity index is 1310. The van der Waals surface area contributed by atoms with Crippen molar-refractivity contribution in [2.24, 2.45) is 0 Å². The number of nitrogens with zero attached hydrogens (tertiary/aromatic N) is 2. The number of carbonyl (C=O) groups is 3. The van der Waals surface area contributed by atoms with Crippen LogP contribution in [-0.4, -0.2) is 40.6 Å². The maximum atomic E-state index is 13.2. The number of nitrogens with one attached hydrogen (secondary N) is 1. The summed E-state index contributed by atoms with van der Waals surface area (Å²) in [5.41, 5.74) is 0.693. The van der Waals surface area contributed by atoms with Gasteiger partial charge in [0.15, 0.2) is 0 Å². The number of alkyl halides is 3. The lowest BCUT2D eigenvalue weighted by Gasteiger charge is -2.31. The van der Waals surface area contributed by atoms with Gasteiger partial charge >= 0.3 is 6.18 Å². The molecule has 0 saturated carbocycles. The van der Waals surface area contributed by atoms with Gasteiger partial charge in [0.1, 0.15) is 11.5 Å². The molecule has 0 bridgehead atoms. The van der Waals surface area contributed by atoms with Crippen LogP contribution in [-0.2, 0) is 15.8 Å². The molecule has 1 N–H and O–H groups in total. The van der Waals surface area contributed by atoms with Crippen molar-refractivity contribution in [2.75, 3.05) is 18.4 Å². The summed E-state index contributed by atoms with van der Waals surface area (Å²) in [7, 11) is 0. The minimum Gasteiger partial charge on any atom is -0.343 e. The van der Waals surface area contributed by atoms with Crippen LogP contribution in [0.15, 0.2) is 53.9 Å². The number of halogens is 3. The number of hydrogen-bond donors (Lipinski definition) is 1. The van der Waals surface area contributed by atoms with Gasteiger partial charge in [-0.25, -0.2) is 4.98 Å². The second-order valence-electron chi connectivity index (χ2n) is 9.36. The topological polar surface area (TPSA) is 79.4 Å². The molecule has 0 unspecified atom stereocenters. The third-order valence-corrected chi connectivity index (χ3v) is 7.55. The molecule has 10 heteroatoms. The third kappa shape index (κ3) is 6.86. The van der Waals surface area contributed by atoms with E-state index in [9.17, 15) is 27.6 Å². The fourth-order valence-electron chi connectivity index (χ4n) is 4.50. The number of aromatic nitrogens is 1. The molecule has 1 fully saturated rings. The summed E-state index contributed by atoms with van der Waals surface area (Å²) < 4.78 is 39.6. The number of amides is 2. The zero-order chi connectivity index (χ0) is 27.3. The van der Waals surface area contributed by atoms with Gasteiger partial charge in [-0.1, -0.05) is 30.3 Å². The Hall–Kier alpha value is -3.53. The summed E-state index contributed by atoms with van der Waals surface area (Å²) >= 11 is 1.39. The van der Waals surface area contributed by atoms with Crippen molar-refractivity contribution in [3.8, 4) is 11.1 Å². The molecule has 1 aromatic heterocycles. The first-order valence-electron chi connectivity index (χ1n) is 12.4. The van der Waals surface area contributed by atoms with Crippen molar-refractivity contribution in [3.63, 3.8) is 0 Å². The number of para-hydroxylation sites is 1. The van der Waals surface area contributed by atoms with Gasteiger partial charge < -0.3 is 15.0 Å². The summed E-state index contributed by atoms with van der Waals surface area (Å²) in [4.78, 5) is 42.8. The van der Waals surface area contributed by atoms with Gasteiger partial charge in [-0.3, -0.25) is 9.59 Å². The highest BCUT2D eigenvalue weighted by atomic mass is 32.1. The first-order valence-corrected chi connectivity index (χ1v) is 13.3. The summed E-state index contributed by atoms with van der Waals surface area (Å²) in [6.07, 6.45) is -1.64. The molecule has 1 aliphatic rings. The molecule has 1 saturated heterocycles. The Morgan fingerprint density at radius 2 is 1.79 bits per heavy atom. The van der Waals surface area contributed by atoms with Crippen molar-refractivity contribution in [1.29, 1.82) is 0 Å². The van der Waals surface area contributed by atoms with E-state index in [-0.39, 0.29) is 23.3 Å². The predicted molar refractivity (Wildman–Crippen MR) is 140 cm³/mol. The summed E-state index contributed by atoms with van der Waals surface area (Å²) in [5.74, 6) is -0.159. The van der Waals surface area contributed by atoms with E-state index in [0.29, 0.717) is 49.2 Å². The zero-order valence-electron chi connectivity index (χ0n) is 20.9. The van der Waals surface area contributed by atoms with E-state index in [4.69, 9.17) is 0 Å². The number of piperidine rings is 1. The molecular formula is C28H28F3N3O3S. The molecule has 38 heavy (non-hydrogen) atoms. The van der Waals surface area contributed by atoms with Crippen molar-refractivity contribution < 1.29 is 27.6 Å². The maximum absolute atomic E-state index is 13.2. The molecule has 0 aliphatic carbocycles. The highest BCUT2D eigenvalue weighted by Crippen LogP contribution is 2.35. The van der Waals surface area contributed by atoms with Crippen molar-refractivity contribution in [1.82, 2.24) is 9.88 Å². The van der Waals surface area contributed by atoms with Crippen LogP contribution < -0.4 is 5.32 Å². The fourth-order valence-corrected chi connectivity index (χ4v) is 5.47. The molecule has 4 rings (SSSR count). The monoisotopic (exact) mass is 543 g/mol. The SMILES string of the molecule is CC(=O)CCCC(=O)N1CCC(c2nc(C(=O)Nc3ccccc3-c3cccc(C(F)(F)F)c3)cs2)CC1.